The Morgan fingerprint density at radius 1 is 1.07 bits per heavy atom. The summed E-state index contributed by atoms with van der Waals surface area (Å²) in [6.45, 7) is 3.79. The molecular formula is C20H24Cl2N2O3S. The van der Waals surface area contributed by atoms with Gasteiger partial charge < -0.3 is 5.32 Å². The number of benzene rings is 2. The third-order valence-electron chi connectivity index (χ3n) is 4.12. The molecule has 2 rings (SSSR count). The predicted molar refractivity (Wildman–Crippen MR) is 115 cm³/mol. The number of rotatable bonds is 8. The van der Waals surface area contributed by atoms with Gasteiger partial charge in [-0.05, 0) is 36.1 Å². The highest BCUT2D eigenvalue weighted by Crippen LogP contribution is 2.28. The van der Waals surface area contributed by atoms with Crippen molar-refractivity contribution in [1.29, 1.82) is 0 Å². The average molecular weight is 443 g/mol. The van der Waals surface area contributed by atoms with Crippen molar-refractivity contribution in [3.05, 3.63) is 64.1 Å². The molecular weight excluding hydrogens is 419 g/mol. The molecule has 2 aromatic carbocycles. The summed E-state index contributed by atoms with van der Waals surface area (Å²) in [5, 5.41) is 3.49. The van der Waals surface area contributed by atoms with E-state index in [1.54, 1.807) is 0 Å². The average Bonchev–Trinajstić information content (AvgIpc) is 2.61. The van der Waals surface area contributed by atoms with Gasteiger partial charge in [0.05, 0.1) is 28.0 Å². The molecule has 8 heteroatoms. The van der Waals surface area contributed by atoms with Gasteiger partial charge in [0.2, 0.25) is 15.9 Å². The lowest BCUT2D eigenvalue weighted by Crippen LogP contribution is -2.41. The number of hydrogen-bond acceptors (Lipinski definition) is 3. The van der Waals surface area contributed by atoms with E-state index in [0.29, 0.717) is 10.9 Å². The van der Waals surface area contributed by atoms with Crippen LogP contribution in [0, 0.1) is 5.92 Å². The second-order valence-electron chi connectivity index (χ2n) is 7.03. The zero-order valence-electron chi connectivity index (χ0n) is 16.0. The second kappa shape index (κ2) is 9.63. The molecule has 2 aromatic rings. The van der Waals surface area contributed by atoms with Crippen LogP contribution in [0.4, 0.5) is 5.69 Å². The highest BCUT2D eigenvalue weighted by Gasteiger charge is 2.24. The second-order valence-corrected chi connectivity index (χ2v) is 9.75. The van der Waals surface area contributed by atoms with E-state index in [-0.39, 0.29) is 23.3 Å². The normalized spacial score (nSPS) is 12.6. The van der Waals surface area contributed by atoms with E-state index in [0.717, 1.165) is 22.5 Å². The van der Waals surface area contributed by atoms with Gasteiger partial charge in [0.1, 0.15) is 6.54 Å². The molecule has 0 bridgehead atoms. The maximum absolute atomic E-state index is 12.7. The van der Waals surface area contributed by atoms with Gasteiger partial charge in [-0.25, -0.2) is 8.42 Å². The van der Waals surface area contributed by atoms with E-state index in [9.17, 15) is 13.2 Å². The van der Waals surface area contributed by atoms with Crippen LogP contribution in [0.15, 0.2) is 48.5 Å². The lowest BCUT2D eigenvalue weighted by molar-refractivity contribution is -0.120. The summed E-state index contributed by atoms with van der Waals surface area (Å²) in [5.74, 6) is -0.0439. The summed E-state index contributed by atoms with van der Waals surface area (Å²) < 4.78 is 25.5. The van der Waals surface area contributed by atoms with Crippen LogP contribution in [-0.4, -0.2) is 27.1 Å². The van der Waals surface area contributed by atoms with Gasteiger partial charge >= 0.3 is 0 Å². The Hall–Kier alpha value is -1.76. The zero-order chi connectivity index (χ0) is 20.9. The molecule has 0 radical (unpaired) electrons. The van der Waals surface area contributed by atoms with Crippen LogP contribution in [0.1, 0.15) is 31.9 Å². The molecule has 5 nitrogen and oxygen atoms in total. The Labute approximate surface area is 176 Å². The van der Waals surface area contributed by atoms with Crippen molar-refractivity contribution < 1.29 is 13.2 Å². The molecule has 0 aliphatic heterocycles. The number of sulfonamides is 1. The molecule has 1 atom stereocenters. The van der Waals surface area contributed by atoms with E-state index in [2.05, 4.69) is 19.2 Å². The maximum atomic E-state index is 12.7. The van der Waals surface area contributed by atoms with Crippen molar-refractivity contribution in [2.45, 2.75) is 26.3 Å². The van der Waals surface area contributed by atoms with E-state index in [1.807, 2.05) is 30.3 Å². The molecule has 0 aliphatic carbocycles. The topological polar surface area (TPSA) is 66.5 Å². The number of nitrogens with one attached hydrogen (secondary N) is 1. The largest absolute Gasteiger partial charge is 0.348 e. The van der Waals surface area contributed by atoms with Crippen molar-refractivity contribution in [2.75, 3.05) is 17.1 Å². The number of carbonyl (C=O) groups is 1. The van der Waals surface area contributed by atoms with E-state index in [4.69, 9.17) is 23.2 Å². The summed E-state index contributed by atoms with van der Waals surface area (Å²) >= 11 is 11.9. The highest BCUT2D eigenvalue weighted by atomic mass is 35.5. The summed E-state index contributed by atoms with van der Waals surface area (Å²) in [6.07, 6.45) is 1.78. The fraction of sp³-hybridized carbons (Fsp3) is 0.350. The van der Waals surface area contributed by atoms with Crippen molar-refractivity contribution in [2.24, 2.45) is 5.92 Å². The van der Waals surface area contributed by atoms with Crippen molar-refractivity contribution >= 4 is 44.8 Å². The molecule has 0 fully saturated rings. The Bertz CT molecular complexity index is 918. The lowest BCUT2D eigenvalue weighted by Gasteiger charge is -2.25. The monoisotopic (exact) mass is 442 g/mol. The minimum Gasteiger partial charge on any atom is -0.348 e. The first-order valence-corrected chi connectivity index (χ1v) is 11.5. The molecule has 152 valence electrons. The van der Waals surface area contributed by atoms with Gasteiger partial charge in [0.15, 0.2) is 0 Å². The van der Waals surface area contributed by atoms with Crippen LogP contribution in [0.25, 0.3) is 0 Å². The summed E-state index contributed by atoms with van der Waals surface area (Å²) in [7, 11) is -3.70. The number of halogens is 2. The van der Waals surface area contributed by atoms with Crippen molar-refractivity contribution in [3.8, 4) is 0 Å². The molecule has 0 aliphatic rings. The smallest absolute Gasteiger partial charge is 0.241 e. The molecule has 0 spiro atoms. The molecule has 0 saturated carbocycles. The minimum atomic E-state index is -3.70. The van der Waals surface area contributed by atoms with E-state index < -0.39 is 15.9 Å². The maximum Gasteiger partial charge on any atom is 0.241 e. The molecule has 1 amide bonds. The Morgan fingerprint density at radius 3 is 2.25 bits per heavy atom. The van der Waals surface area contributed by atoms with Gasteiger partial charge in [0.25, 0.3) is 0 Å². The first-order valence-electron chi connectivity index (χ1n) is 8.85. The highest BCUT2D eigenvalue weighted by molar-refractivity contribution is 7.92. The molecule has 0 saturated heterocycles. The molecule has 1 N–H and O–H groups in total. The number of nitrogens with zero attached hydrogens (tertiary/aromatic N) is 1. The fourth-order valence-corrected chi connectivity index (χ4v) is 3.99. The van der Waals surface area contributed by atoms with Crippen LogP contribution in [0.5, 0.6) is 0 Å². The Kier molecular flexibility index (Phi) is 7.75. The summed E-state index contributed by atoms with van der Waals surface area (Å²) in [6, 6.07) is 13.9. The molecule has 0 aromatic heterocycles. The third kappa shape index (κ3) is 6.40. The van der Waals surface area contributed by atoms with Gasteiger partial charge in [-0.3, -0.25) is 9.10 Å². The van der Waals surface area contributed by atoms with Crippen molar-refractivity contribution in [3.63, 3.8) is 0 Å². The number of hydrogen-bond donors (Lipinski definition) is 1. The Balaban J connectivity index is 2.23. The van der Waals surface area contributed by atoms with Crippen molar-refractivity contribution in [1.82, 2.24) is 5.32 Å². The van der Waals surface area contributed by atoms with Crippen LogP contribution in [0.2, 0.25) is 10.0 Å². The summed E-state index contributed by atoms with van der Waals surface area (Å²) in [4.78, 5) is 12.7. The standard InChI is InChI=1S/C20H24Cl2N2O3S/c1-14(2)11-19(15-7-5-4-6-8-15)23-20(25)13-24(28(3,26)27)16-9-10-17(21)18(22)12-16/h4-10,12,14,19H,11,13H2,1-3H3,(H,23,25)/t19-/m0/s1. The fourth-order valence-electron chi connectivity index (χ4n) is 2.85. The first-order chi connectivity index (χ1) is 13.1. The minimum absolute atomic E-state index is 0.205. The quantitative estimate of drug-likeness (QED) is 0.645. The van der Waals surface area contributed by atoms with Crippen LogP contribution in [0.3, 0.4) is 0 Å². The van der Waals surface area contributed by atoms with E-state index in [1.165, 1.54) is 18.2 Å². The number of anilines is 1. The zero-order valence-corrected chi connectivity index (χ0v) is 18.4. The number of carbonyl (C=O) groups excluding carboxylic acids is 1. The van der Waals surface area contributed by atoms with Gasteiger partial charge in [-0.15, -0.1) is 0 Å². The lowest BCUT2D eigenvalue weighted by atomic mass is 9.97. The van der Waals surface area contributed by atoms with Crippen LogP contribution in [-0.2, 0) is 14.8 Å². The number of amides is 1. The van der Waals surface area contributed by atoms with Gasteiger partial charge in [0, 0.05) is 0 Å². The van der Waals surface area contributed by atoms with Gasteiger partial charge in [-0.1, -0.05) is 67.4 Å². The van der Waals surface area contributed by atoms with Crippen LogP contribution < -0.4 is 9.62 Å². The summed E-state index contributed by atoms with van der Waals surface area (Å²) in [5.41, 5.74) is 1.26. The first kappa shape index (κ1) is 22.5. The molecule has 28 heavy (non-hydrogen) atoms. The molecule has 0 heterocycles. The van der Waals surface area contributed by atoms with Gasteiger partial charge in [-0.2, -0.15) is 0 Å². The molecule has 0 unspecified atom stereocenters. The third-order valence-corrected chi connectivity index (χ3v) is 6.00. The Morgan fingerprint density at radius 2 is 1.71 bits per heavy atom. The SMILES string of the molecule is CC(C)C[C@H](NC(=O)CN(c1ccc(Cl)c(Cl)c1)S(C)(=O)=O)c1ccccc1. The van der Waals surface area contributed by atoms with Crippen LogP contribution >= 0.6 is 23.2 Å². The van der Waals surface area contributed by atoms with E-state index >= 15 is 0 Å². The predicted octanol–water partition coefficient (Wildman–Crippen LogP) is 4.66.